The van der Waals surface area contributed by atoms with Gasteiger partial charge in [0.2, 0.25) is 0 Å². The highest BCUT2D eigenvalue weighted by atomic mass is 16.5. The van der Waals surface area contributed by atoms with Gasteiger partial charge in [-0.2, -0.15) is 0 Å². The summed E-state index contributed by atoms with van der Waals surface area (Å²) < 4.78 is 16.0. The van der Waals surface area contributed by atoms with Crippen molar-refractivity contribution in [1.29, 1.82) is 0 Å². The zero-order valence-corrected chi connectivity index (χ0v) is 10.2. The summed E-state index contributed by atoms with van der Waals surface area (Å²) in [7, 11) is 4.99. The minimum absolute atomic E-state index is 0.606. The molecule has 0 amide bonds. The lowest BCUT2D eigenvalue weighted by molar-refractivity contribution is 0.347. The third-order valence-corrected chi connectivity index (χ3v) is 3.24. The number of methoxy groups -OCH3 is 3. The highest BCUT2D eigenvalue weighted by Crippen LogP contribution is 2.52. The number of rotatable bonds is 4. The van der Waals surface area contributed by atoms with E-state index in [0.717, 1.165) is 23.2 Å². The molecule has 0 saturated heterocycles. The lowest BCUT2D eigenvalue weighted by Crippen LogP contribution is -1.96. The summed E-state index contributed by atoms with van der Waals surface area (Å²) in [5, 5.41) is 0. The third kappa shape index (κ3) is 1.82. The molecule has 3 nitrogen and oxygen atoms in total. The summed E-state index contributed by atoms with van der Waals surface area (Å²) in [5.41, 5.74) is 1.23. The van der Waals surface area contributed by atoms with Gasteiger partial charge in [0, 0.05) is 11.6 Å². The molecule has 0 bridgehead atoms. The number of benzene rings is 1. The molecule has 16 heavy (non-hydrogen) atoms. The monoisotopic (exact) mass is 222 g/mol. The van der Waals surface area contributed by atoms with Crippen LogP contribution in [0.25, 0.3) is 0 Å². The van der Waals surface area contributed by atoms with Crippen LogP contribution in [0.1, 0.15) is 24.8 Å². The summed E-state index contributed by atoms with van der Waals surface area (Å²) in [6.45, 7) is 2.25. The fraction of sp³-hybridized carbons (Fsp3) is 0.538. The zero-order valence-electron chi connectivity index (χ0n) is 10.2. The summed E-state index contributed by atoms with van der Waals surface area (Å²) in [4.78, 5) is 0. The summed E-state index contributed by atoms with van der Waals surface area (Å²) in [6.07, 6.45) is 1.23. The van der Waals surface area contributed by atoms with E-state index in [1.165, 1.54) is 12.0 Å². The van der Waals surface area contributed by atoms with Crippen molar-refractivity contribution < 1.29 is 14.2 Å². The summed E-state index contributed by atoms with van der Waals surface area (Å²) in [6, 6.07) is 3.94. The normalized spacial score (nSPS) is 22.8. The van der Waals surface area contributed by atoms with Gasteiger partial charge in [-0.1, -0.05) is 6.92 Å². The maximum Gasteiger partial charge on any atom is 0.164 e. The molecule has 0 spiro atoms. The quantitative estimate of drug-likeness (QED) is 0.784. The first-order chi connectivity index (χ1) is 7.71. The van der Waals surface area contributed by atoms with Gasteiger partial charge in [0.15, 0.2) is 11.5 Å². The Balaban J connectivity index is 2.42. The fourth-order valence-electron chi connectivity index (χ4n) is 2.10. The van der Waals surface area contributed by atoms with E-state index in [4.69, 9.17) is 14.2 Å². The fourth-order valence-corrected chi connectivity index (χ4v) is 2.10. The second-order valence-electron chi connectivity index (χ2n) is 4.27. The number of hydrogen-bond donors (Lipinski definition) is 0. The van der Waals surface area contributed by atoms with E-state index < -0.39 is 0 Å². The zero-order chi connectivity index (χ0) is 11.7. The van der Waals surface area contributed by atoms with Crippen molar-refractivity contribution in [2.45, 2.75) is 19.3 Å². The lowest BCUT2D eigenvalue weighted by Gasteiger charge is -2.13. The maximum absolute atomic E-state index is 5.40. The van der Waals surface area contributed by atoms with Gasteiger partial charge >= 0.3 is 0 Å². The highest BCUT2D eigenvalue weighted by molar-refractivity contribution is 5.53. The van der Waals surface area contributed by atoms with Crippen LogP contribution in [-0.4, -0.2) is 21.3 Å². The van der Waals surface area contributed by atoms with Gasteiger partial charge in [-0.25, -0.2) is 0 Å². The molecule has 0 aliphatic heterocycles. The molecule has 0 heterocycles. The van der Waals surface area contributed by atoms with Crippen LogP contribution in [0.5, 0.6) is 17.2 Å². The van der Waals surface area contributed by atoms with Crippen molar-refractivity contribution in [3.63, 3.8) is 0 Å². The molecule has 0 radical (unpaired) electrons. The number of ether oxygens (including phenoxy) is 3. The Morgan fingerprint density at radius 1 is 0.938 bits per heavy atom. The molecule has 1 fully saturated rings. The van der Waals surface area contributed by atoms with Crippen molar-refractivity contribution in [2.75, 3.05) is 21.3 Å². The van der Waals surface area contributed by atoms with Crippen LogP contribution in [0.4, 0.5) is 0 Å². The number of hydrogen-bond acceptors (Lipinski definition) is 3. The molecule has 2 rings (SSSR count). The van der Waals surface area contributed by atoms with Gasteiger partial charge in [0.05, 0.1) is 21.3 Å². The second-order valence-corrected chi connectivity index (χ2v) is 4.27. The molecule has 0 aromatic heterocycles. The van der Waals surface area contributed by atoms with Crippen LogP contribution in [0, 0.1) is 5.92 Å². The Labute approximate surface area is 96.3 Å². The summed E-state index contributed by atoms with van der Waals surface area (Å²) in [5.74, 6) is 3.74. The molecule has 1 saturated carbocycles. The van der Waals surface area contributed by atoms with Crippen molar-refractivity contribution in [2.24, 2.45) is 5.92 Å². The molecular formula is C13H18O3. The highest BCUT2D eigenvalue weighted by Gasteiger charge is 2.36. The van der Waals surface area contributed by atoms with E-state index in [1.54, 1.807) is 21.3 Å². The smallest absolute Gasteiger partial charge is 0.164 e. The average molecular weight is 222 g/mol. The van der Waals surface area contributed by atoms with Gasteiger partial charge < -0.3 is 14.2 Å². The average Bonchev–Trinajstić information content (AvgIpc) is 3.04. The van der Waals surface area contributed by atoms with Gasteiger partial charge in [-0.15, -0.1) is 0 Å². The Hall–Kier alpha value is -1.38. The van der Waals surface area contributed by atoms with Gasteiger partial charge in [0.25, 0.3) is 0 Å². The van der Waals surface area contributed by atoms with E-state index in [9.17, 15) is 0 Å². The lowest BCUT2D eigenvalue weighted by atomic mass is 10.1. The summed E-state index contributed by atoms with van der Waals surface area (Å²) >= 11 is 0. The standard InChI is InChI=1S/C13H18O3/c1-8-5-9(8)10-6-12(15-3)13(16-4)7-11(10)14-2/h6-9H,5H2,1-4H3. The Morgan fingerprint density at radius 2 is 1.44 bits per heavy atom. The van der Waals surface area contributed by atoms with Crippen LogP contribution >= 0.6 is 0 Å². The van der Waals surface area contributed by atoms with Gasteiger partial charge in [-0.05, 0) is 24.3 Å². The molecule has 2 atom stereocenters. The topological polar surface area (TPSA) is 27.7 Å². The molecule has 88 valence electrons. The van der Waals surface area contributed by atoms with Crippen molar-refractivity contribution in [3.05, 3.63) is 17.7 Å². The van der Waals surface area contributed by atoms with Crippen LogP contribution < -0.4 is 14.2 Å². The van der Waals surface area contributed by atoms with Crippen LogP contribution in [0.15, 0.2) is 12.1 Å². The van der Waals surface area contributed by atoms with E-state index in [1.807, 2.05) is 12.1 Å². The molecule has 1 aliphatic carbocycles. The van der Waals surface area contributed by atoms with Gasteiger partial charge in [0.1, 0.15) is 5.75 Å². The van der Waals surface area contributed by atoms with Crippen molar-refractivity contribution in [1.82, 2.24) is 0 Å². The Morgan fingerprint density at radius 3 is 1.88 bits per heavy atom. The second kappa shape index (κ2) is 4.24. The van der Waals surface area contributed by atoms with Crippen LogP contribution in [-0.2, 0) is 0 Å². The first kappa shape index (κ1) is 11.1. The Bertz CT molecular complexity index is 387. The van der Waals surface area contributed by atoms with E-state index in [0.29, 0.717) is 5.92 Å². The SMILES string of the molecule is COc1cc(OC)c(C2CC2C)cc1OC. The van der Waals surface area contributed by atoms with Crippen LogP contribution in [0.2, 0.25) is 0 Å². The molecule has 2 unspecified atom stereocenters. The van der Waals surface area contributed by atoms with Crippen molar-refractivity contribution in [3.8, 4) is 17.2 Å². The molecule has 1 aromatic rings. The van der Waals surface area contributed by atoms with E-state index in [2.05, 4.69) is 6.92 Å². The minimum Gasteiger partial charge on any atom is -0.496 e. The Kier molecular flexibility index (Phi) is 2.95. The molecule has 1 aromatic carbocycles. The van der Waals surface area contributed by atoms with Crippen LogP contribution in [0.3, 0.4) is 0 Å². The third-order valence-electron chi connectivity index (χ3n) is 3.24. The van der Waals surface area contributed by atoms with E-state index in [-0.39, 0.29) is 0 Å². The van der Waals surface area contributed by atoms with Crippen molar-refractivity contribution >= 4 is 0 Å². The largest absolute Gasteiger partial charge is 0.496 e. The predicted octanol–water partition coefficient (Wildman–Crippen LogP) is 2.84. The predicted molar refractivity (Wildman–Crippen MR) is 62.6 cm³/mol. The minimum atomic E-state index is 0.606. The van der Waals surface area contributed by atoms with Gasteiger partial charge in [-0.3, -0.25) is 0 Å². The first-order valence-electron chi connectivity index (χ1n) is 5.51. The first-order valence-corrected chi connectivity index (χ1v) is 5.51. The maximum atomic E-state index is 5.40. The van der Waals surface area contributed by atoms with E-state index >= 15 is 0 Å². The molecule has 1 aliphatic rings. The molecule has 3 heteroatoms. The molecule has 0 N–H and O–H groups in total. The molecular weight excluding hydrogens is 204 g/mol.